The third kappa shape index (κ3) is 3.77. The van der Waals surface area contributed by atoms with Crippen molar-refractivity contribution in [2.75, 3.05) is 0 Å². The minimum Gasteiger partial charge on any atom is -0.299 e. The Morgan fingerprint density at radius 1 is 1.50 bits per heavy atom. The molecular formula is C7H11BrO2. The second-order valence-corrected chi connectivity index (χ2v) is 3.52. The molecule has 0 aliphatic carbocycles. The summed E-state index contributed by atoms with van der Waals surface area (Å²) in [6.07, 6.45) is 0.522. The molecule has 58 valence electrons. The maximum atomic E-state index is 10.8. The molecule has 0 bridgehead atoms. The molecule has 0 spiro atoms. The second-order valence-electron chi connectivity index (χ2n) is 2.15. The number of ketones is 2. The molecule has 0 radical (unpaired) electrons. The first-order valence-electron chi connectivity index (χ1n) is 3.26. The summed E-state index contributed by atoms with van der Waals surface area (Å²) in [6, 6.07) is 0. The van der Waals surface area contributed by atoms with E-state index in [9.17, 15) is 9.59 Å². The highest BCUT2D eigenvalue weighted by atomic mass is 79.9. The van der Waals surface area contributed by atoms with E-state index in [1.54, 1.807) is 13.8 Å². The summed E-state index contributed by atoms with van der Waals surface area (Å²) >= 11 is 3.10. The van der Waals surface area contributed by atoms with Gasteiger partial charge >= 0.3 is 0 Å². The van der Waals surface area contributed by atoms with Crippen molar-refractivity contribution in [2.24, 2.45) is 0 Å². The molecule has 0 aliphatic rings. The highest BCUT2D eigenvalue weighted by Gasteiger charge is 2.11. The first-order chi connectivity index (χ1) is 4.57. The van der Waals surface area contributed by atoms with Gasteiger partial charge in [0, 0.05) is 6.42 Å². The van der Waals surface area contributed by atoms with E-state index in [1.807, 2.05) is 0 Å². The van der Waals surface area contributed by atoms with Crippen LogP contribution < -0.4 is 0 Å². The van der Waals surface area contributed by atoms with Gasteiger partial charge in [0.1, 0.15) is 5.78 Å². The van der Waals surface area contributed by atoms with Crippen LogP contribution in [0.5, 0.6) is 0 Å². The summed E-state index contributed by atoms with van der Waals surface area (Å²) in [6.45, 7) is 3.49. The Hall–Kier alpha value is -0.180. The zero-order valence-electron chi connectivity index (χ0n) is 6.19. The van der Waals surface area contributed by atoms with E-state index in [1.165, 1.54) is 0 Å². The highest BCUT2D eigenvalue weighted by molar-refractivity contribution is 9.10. The van der Waals surface area contributed by atoms with Crippen LogP contribution in [0.25, 0.3) is 0 Å². The zero-order chi connectivity index (χ0) is 8.15. The van der Waals surface area contributed by atoms with E-state index in [2.05, 4.69) is 15.9 Å². The minimum absolute atomic E-state index is 0.0105. The van der Waals surface area contributed by atoms with Crippen LogP contribution in [-0.2, 0) is 9.59 Å². The lowest BCUT2D eigenvalue weighted by Crippen LogP contribution is -2.14. The summed E-state index contributed by atoms with van der Waals surface area (Å²) in [5, 5.41) is 0. The van der Waals surface area contributed by atoms with Crippen molar-refractivity contribution in [3.63, 3.8) is 0 Å². The highest BCUT2D eigenvalue weighted by Crippen LogP contribution is 2.03. The Bertz CT molecular complexity index is 141. The first kappa shape index (κ1) is 9.82. The summed E-state index contributed by atoms with van der Waals surface area (Å²) in [4.78, 5) is 21.3. The molecule has 0 fully saturated rings. The smallest absolute Gasteiger partial charge is 0.153 e. The van der Waals surface area contributed by atoms with Gasteiger partial charge in [-0.15, -0.1) is 0 Å². The minimum atomic E-state index is -0.192. The molecule has 0 amide bonds. The molecule has 0 heterocycles. The van der Waals surface area contributed by atoms with Crippen LogP contribution >= 0.6 is 15.9 Å². The van der Waals surface area contributed by atoms with Gasteiger partial charge in [0.05, 0.1) is 11.2 Å². The Balaban J connectivity index is 3.69. The summed E-state index contributed by atoms with van der Waals surface area (Å²) in [7, 11) is 0. The molecule has 0 aliphatic heterocycles. The molecular weight excluding hydrogens is 196 g/mol. The number of alkyl halides is 1. The standard InChI is InChI=1S/C7H11BrO2/c1-3-6(9)4-7(10)5(2)8/h5H,3-4H2,1-2H3. The largest absolute Gasteiger partial charge is 0.299 e. The molecule has 3 heteroatoms. The molecule has 0 aromatic heterocycles. The molecule has 0 N–H and O–H groups in total. The number of Topliss-reactive ketones (excluding diaryl/α,β-unsaturated/α-hetero) is 2. The van der Waals surface area contributed by atoms with E-state index >= 15 is 0 Å². The second kappa shape index (κ2) is 4.61. The van der Waals surface area contributed by atoms with Crippen molar-refractivity contribution < 1.29 is 9.59 Å². The normalized spacial score (nSPS) is 12.7. The summed E-state index contributed by atoms with van der Waals surface area (Å²) in [5.41, 5.74) is 0. The molecule has 1 atom stereocenters. The Kier molecular flexibility index (Phi) is 4.52. The van der Waals surface area contributed by atoms with Gasteiger partial charge in [-0.1, -0.05) is 22.9 Å². The van der Waals surface area contributed by atoms with Crippen LogP contribution in [0.15, 0.2) is 0 Å². The lowest BCUT2D eigenvalue weighted by atomic mass is 10.1. The van der Waals surface area contributed by atoms with Gasteiger partial charge in [-0.3, -0.25) is 9.59 Å². The van der Waals surface area contributed by atoms with Gasteiger partial charge in [-0.2, -0.15) is 0 Å². The van der Waals surface area contributed by atoms with E-state index < -0.39 is 0 Å². The predicted molar refractivity (Wildman–Crippen MR) is 43.3 cm³/mol. The molecule has 0 aromatic rings. The van der Waals surface area contributed by atoms with Crippen LogP contribution in [-0.4, -0.2) is 16.4 Å². The molecule has 0 saturated carbocycles. The fourth-order valence-electron chi connectivity index (χ4n) is 0.460. The summed E-state index contributed by atoms with van der Waals surface area (Å²) < 4.78 is 0. The van der Waals surface area contributed by atoms with Gasteiger partial charge < -0.3 is 0 Å². The van der Waals surface area contributed by atoms with Crippen molar-refractivity contribution in [3.8, 4) is 0 Å². The van der Waals surface area contributed by atoms with E-state index in [0.717, 1.165) is 0 Å². The number of hydrogen-bond donors (Lipinski definition) is 0. The first-order valence-corrected chi connectivity index (χ1v) is 4.18. The van der Waals surface area contributed by atoms with Crippen molar-refractivity contribution >= 4 is 27.5 Å². The van der Waals surface area contributed by atoms with Crippen molar-refractivity contribution in [3.05, 3.63) is 0 Å². The van der Waals surface area contributed by atoms with E-state index in [-0.39, 0.29) is 22.8 Å². The van der Waals surface area contributed by atoms with Crippen LogP contribution in [0, 0.1) is 0 Å². The number of carbonyl (C=O) groups is 2. The maximum absolute atomic E-state index is 10.8. The number of halogens is 1. The van der Waals surface area contributed by atoms with Crippen molar-refractivity contribution in [1.82, 2.24) is 0 Å². The molecule has 2 nitrogen and oxygen atoms in total. The van der Waals surface area contributed by atoms with E-state index in [0.29, 0.717) is 6.42 Å². The van der Waals surface area contributed by atoms with Gasteiger partial charge in [-0.25, -0.2) is 0 Å². The molecule has 1 unspecified atom stereocenters. The fraction of sp³-hybridized carbons (Fsp3) is 0.714. The Morgan fingerprint density at radius 2 is 2.00 bits per heavy atom. The van der Waals surface area contributed by atoms with E-state index in [4.69, 9.17) is 0 Å². The Labute approximate surface area is 69.1 Å². The Morgan fingerprint density at radius 3 is 2.30 bits per heavy atom. The summed E-state index contributed by atoms with van der Waals surface area (Å²) in [5.74, 6) is -0.0249. The zero-order valence-corrected chi connectivity index (χ0v) is 7.77. The van der Waals surface area contributed by atoms with Crippen LogP contribution in [0.4, 0.5) is 0 Å². The average molecular weight is 207 g/mol. The monoisotopic (exact) mass is 206 g/mol. The predicted octanol–water partition coefficient (Wildman–Crippen LogP) is 1.71. The van der Waals surface area contributed by atoms with Crippen LogP contribution in [0.3, 0.4) is 0 Å². The van der Waals surface area contributed by atoms with Gasteiger partial charge in [0.15, 0.2) is 5.78 Å². The average Bonchev–Trinajstić information content (AvgIpc) is 1.87. The molecule has 10 heavy (non-hydrogen) atoms. The number of carbonyl (C=O) groups excluding carboxylic acids is 2. The molecule has 0 rings (SSSR count). The van der Waals surface area contributed by atoms with Crippen LogP contribution in [0.2, 0.25) is 0 Å². The van der Waals surface area contributed by atoms with Gasteiger partial charge in [0.2, 0.25) is 0 Å². The molecule has 0 aromatic carbocycles. The van der Waals surface area contributed by atoms with Crippen LogP contribution in [0.1, 0.15) is 26.7 Å². The lowest BCUT2D eigenvalue weighted by molar-refractivity contribution is -0.126. The molecule has 0 saturated heterocycles. The maximum Gasteiger partial charge on any atom is 0.153 e. The topological polar surface area (TPSA) is 34.1 Å². The SMILES string of the molecule is CCC(=O)CC(=O)C(C)Br. The number of rotatable bonds is 4. The van der Waals surface area contributed by atoms with Gasteiger partial charge in [0.25, 0.3) is 0 Å². The third-order valence-corrected chi connectivity index (χ3v) is 1.72. The quantitative estimate of drug-likeness (QED) is 0.519. The van der Waals surface area contributed by atoms with Gasteiger partial charge in [-0.05, 0) is 6.92 Å². The lowest BCUT2D eigenvalue weighted by Gasteiger charge is -1.98. The van der Waals surface area contributed by atoms with Crippen molar-refractivity contribution in [1.29, 1.82) is 0 Å². The fourth-order valence-corrected chi connectivity index (χ4v) is 0.622. The number of hydrogen-bond acceptors (Lipinski definition) is 2. The third-order valence-electron chi connectivity index (χ3n) is 1.21. The van der Waals surface area contributed by atoms with Crippen molar-refractivity contribution in [2.45, 2.75) is 31.5 Å².